The van der Waals surface area contributed by atoms with Crippen LogP contribution < -0.4 is 0 Å². The van der Waals surface area contributed by atoms with Crippen molar-refractivity contribution in [2.75, 3.05) is 19.7 Å². The van der Waals surface area contributed by atoms with Gasteiger partial charge in [-0.05, 0) is 25.1 Å². The highest BCUT2D eigenvalue weighted by atomic mass is 16.5. The minimum absolute atomic E-state index is 0.0914. The van der Waals surface area contributed by atoms with Gasteiger partial charge in [-0.25, -0.2) is 0 Å². The van der Waals surface area contributed by atoms with Gasteiger partial charge >= 0.3 is 0 Å². The van der Waals surface area contributed by atoms with Gasteiger partial charge in [0.15, 0.2) is 0 Å². The van der Waals surface area contributed by atoms with Crippen molar-refractivity contribution in [3.05, 3.63) is 35.9 Å². The van der Waals surface area contributed by atoms with E-state index in [1.807, 2.05) is 18.2 Å². The molecule has 3 nitrogen and oxygen atoms in total. The highest BCUT2D eigenvalue weighted by molar-refractivity contribution is 5.13. The normalized spacial score (nSPS) is 14.4. The molecule has 0 amide bonds. The molecule has 1 aromatic rings. The predicted octanol–water partition coefficient (Wildman–Crippen LogP) is 3.07. The Kier molecular flexibility index (Phi) is 8.51. The number of ether oxygens (including phenoxy) is 1. The van der Waals surface area contributed by atoms with Gasteiger partial charge in [0.25, 0.3) is 0 Å². The summed E-state index contributed by atoms with van der Waals surface area (Å²) < 4.78 is 5.83. The van der Waals surface area contributed by atoms with Crippen LogP contribution in [0.25, 0.3) is 0 Å². The van der Waals surface area contributed by atoms with E-state index in [4.69, 9.17) is 4.74 Å². The van der Waals surface area contributed by atoms with E-state index in [1.165, 1.54) is 5.56 Å². The van der Waals surface area contributed by atoms with Gasteiger partial charge in [-0.3, -0.25) is 4.90 Å². The van der Waals surface area contributed by atoms with E-state index in [0.29, 0.717) is 13.2 Å². The number of aliphatic hydroxyl groups is 1. The van der Waals surface area contributed by atoms with Crippen molar-refractivity contribution in [2.24, 2.45) is 0 Å². The molecule has 0 unspecified atom stereocenters. The lowest BCUT2D eigenvalue weighted by molar-refractivity contribution is -0.0152. The summed E-state index contributed by atoms with van der Waals surface area (Å²) in [7, 11) is 0. The maximum Gasteiger partial charge on any atom is 0.0717 e. The van der Waals surface area contributed by atoms with E-state index in [-0.39, 0.29) is 12.1 Å². The summed E-state index contributed by atoms with van der Waals surface area (Å²) in [5, 5.41) is 10.3. The number of rotatable bonds is 10. The van der Waals surface area contributed by atoms with Gasteiger partial charge in [0, 0.05) is 0 Å². The molecule has 0 saturated carbocycles. The molecule has 1 rings (SSSR count). The smallest absolute Gasteiger partial charge is 0.0717 e. The first-order valence-corrected chi connectivity index (χ1v) is 7.76. The number of hydrogen-bond acceptors (Lipinski definition) is 3. The summed E-state index contributed by atoms with van der Waals surface area (Å²) >= 11 is 0. The van der Waals surface area contributed by atoms with Gasteiger partial charge in [0.2, 0.25) is 0 Å². The van der Waals surface area contributed by atoms with Crippen molar-refractivity contribution in [3.63, 3.8) is 0 Å². The minimum atomic E-state index is -0.310. The SMILES string of the molecule is CCC[C@@H](O)[C@H](COCc1ccccc1)N(CC)CC. The van der Waals surface area contributed by atoms with Crippen molar-refractivity contribution < 1.29 is 9.84 Å². The lowest BCUT2D eigenvalue weighted by atomic mass is 10.1. The number of benzene rings is 1. The van der Waals surface area contributed by atoms with Crippen LogP contribution in [0.2, 0.25) is 0 Å². The van der Waals surface area contributed by atoms with Crippen LogP contribution in [-0.4, -0.2) is 41.8 Å². The standard InChI is InChI=1S/C17H29NO2/c1-4-10-17(19)16(18(5-2)6-3)14-20-13-15-11-8-7-9-12-15/h7-9,11-12,16-17,19H,4-6,10,13-14H2,1-3H3/t16-,17+/m0/s1. The molecule has 0 saturated heterocycles. The molecule has 0 aliphatic rings. The average molecular weight is 279 g/mol. The second-order valence-corrected chi connectivity index (χ2v) is 5.15. The third kappa shape index (κ3) is 5.61. The Morgan fingerprint density at radius 2 is 1.75 bits per heavy atom. The van der Waals surface area contributed by atoms with Crippen LogP contribution in [0.3, 0.4) is 0 Å². The largest absolute Gasteiger partial charge is 0.391 e. The van der Waals surface area contributed by atoms with Crippen LogP contribution >= 0.6 is 0 Å². The summed E-state index contributed by atoms with van der Waals surface area (Å²) in [5.41, 5.74) is 1.18. The van der Waals surface area contributed by atoms with E-state index < -0.39 is 0 Å². The zero-order valence-corrected chi connectivity index (χ0v) is 13.1. The Balaban J connectivity index is 2.51. The molecule has 2 atom stereocenters. The van der Waals surface area contributed by atoms with E-state index in [1.54, 1.807) is 0 Å². The Hall–Kier alpha value is -0.900. The quantitative estimate of drug-likeness (QED) is 0.714. The molecule has 0 spiro atoms. The molecule has 1 aromatic carbocycles. The summed E-state index contributed by atoms with van der Waals surface area (Å²) in [6, 6.07) is 10.3. The van der Waals surface area contributed by atoms with Crippen LogP contribution in [-0.2, 0) is 11.3 Å². The van der Waals surface area contributed by atoms with Crippen molar-refractivity contribution in [2.45, 2.75) is 52.4 Å². The summed E-state index contributed by atoms with van der Waals surface area (Å²) in [6.07, 6.45) is 1.52. The maximum atomic E-state index is 10.3. The second kappa shape index (κ2) is 9.92. The molecule has 0 aliphatic heterocycles. The lowest BCUT2D eigenvalue weighted by Crippen LogP contribution is -2.46. The molecule has 20 heavy (non-hydrogen) atoms. The van der Waals surface area contributed by atoms with Gasteiger partial charge in [0.05, 0.1) is 25.4 Å². The average Bonchev–Trinajstić information content (AvgIpc) is 2.48. The predicted molar refractivity (Wildman–Crippen MR) is 83.7 cm³/mol. The highest BCUT2D eigenvalue weighted by Crippen LogP contribution is 2.12. The van der Waals surface area contributed by atoms with Crippen molar-refractivity contribution >= 4 is 0 Å². The fourth-order valence-corrected chi connectivity index (χ4v) is 2.51. The molecule has 0 bridgehead atoms. The minimum Gasteiger partial charge on any atom is -0.391 e. The van der Waals surface area contributed by atoms with Gasteiger partial charge in [0.1, 0.15) is 0 Å². The molecular weight excluding hydrogens is 250 g/mol. The van der Waals surface area contributed by atoms with E-state index in [0.717, 1.165) is 25.9 Å². The van der Waals surface area contributed by atoms with E-state index >= 15 is 0 Å². The van der Waals surface area contributed by atoms with Crippen LogP contribution in [0.4, 0.5) is 0 Å². The molecular formula is C17H29NO2. The monoisotopic (exact) mass is 279 g/mol. The van der Waals surface area contributed by atoms with Crippen LogP contribution in [0.15, 0.2) is 30.3 Å². The van der Waals surface area contributed by atoms with E-state index in [9.17, 15) is 5.11 Å². The van der Waals surface area contributed by atoms with Gasteiger partial charge < -0.3 is 9.84 Å². The topological polar surface area (TPSA) is 32.7 Å². The summed E-state index contributed by atoms with van der Waals surface area (Å²) in [4.78, 5) is 2.28. The number of likely N-dealkylation sites (N-methyl/N-ethyl adjacent to an activating group) is 1. The zero-order valence-electron chi connectivity index (χ0n) is 13.1. The summed E-state index contributed by atoms with van der Waals surface area (Å²) in [5.74, 6) is 0. The molecule has 0 heterocycles. The third-order valence-corrected chi connectivity index (χ3v) is 3.71. The molecule has 0 fully saturated rings. The number of nitrogens with zero attached hydrogens (tertiary/aromatic N) is 1. The highest BCUT2D eigenvalue weighted by Gasteiger charge is 2.23. The first-order chi connectivity index (χ1) is 9.72. The van der Waals surface area contributed by atoms with Gasteiger partial charge in [-0.2, -0.15) is 0 Å². The Bertz CT molecular complexity index is 338. The Labute approximate surface area is 123 Å². The number of hydrogen-bond donors (Lipinski definition) is 1. The van der Waals surface area contributed by atoms with Crippen LogP contribution in [0.1, 0.15) is 39.2 Å². The molecule has 3 heteroatoms. The lowest BCUT2D eigenvalue weighted by Gasteiger charge is -2.33. The first-order valence-electron chi connectivity index (χ1n) is 7.76. The number of aliphatic hydroxyl groups excluding tert-OH is 1. The first kappa shape index (κ1) is 17.2. The fraction of sp³-hybridized carbons (Fsp3) is 0.647. The molecule has 0 radical (unpaired) electrons. The van der Waals surface area contributed by atoms with Gasteiger partial charge in [-0.15, -0.1) is 0 Å². The molecule has 1 N–H and O–H groups in total. The van der Waals surface area contributed by atoms with Crippen LogP contribution in [0, 0.1) is 0 Å². The maximum absolute atomic E-state index is 10.3. The van der Waals surface area contributed by atoms with Crippen molar-refractivity contribution in [3.8, 4) is 0 Å². The Morgan fingerprint density at radius 1 is 1.10 bits per heavy atom. The second-order valence-electron chi connectivity index (χ2n) is 5.15. The van der Waals surface area contributed by atoms with E-state index in [2.05, 4.69) is 37.8 Å². The van der Waals surface area contributed by atoms with Crippen molar-refractivity contribution in [1.82, 2.24) is 4.90 Å². The summed E-state index contributed by atoms with van der Waals surface area (Å²) in [6.45, 7) is 9.44. The zero-order chi connectivity index (χ0) is 14.8. The molecule has 0 aromatic heterocycles. The fourth-order valence-electron chi connectivity index (χ4n) is 2.51. The van der Waals surface area contributed by atoms with Crippen molar-refractivity contribution in [1.29, 1.82) is 0 Å². The Morgan fingerprint density at radius 3 is 2.30 bits per heavy atom. The van der Waals surface area contributed by atoms with Crippen LogP contribution in [0.5, 0.6) is 0 Å². The molecule has 114 valence electrons. The molecule has 0 aliphatic carbocycles. The van der Waals surface area contributed by atoms with Gasteiger partial charge in [-0.1, -0.05) is 57.5 Å². The third-order valence-electron chi connectivity index (χ3n) is 3.71.